The monoisotopic (exact) mass is 214 g/mol. The molecule has 51 valence electrons. The summed E-state index contributed by atoms with van der Waals surface area (Å²) < 4.78 is 0. The average Bonchev–Trinajstić information content (AvgIpc) is 2.37. The van der Waals surface area contributed by atoms with E-state index < -0.39 is 5.91 Å². The van der Waals surface area contributed by atoms with E-state index in [-0.39, 0.29) is 32.7 Å². The van der Waals surface area contributed by atoms with E-state index in [1.807, 2.05) is 6.08 Å². The molecule has 0 unspecified atom stereocenters. The maximum Gasteiger partial charge on any atom is 0.270 e. The Morgan fingerprint density at radius 1 is 1.70 bits per heavy atom. The molecule has 3 nitrogen and oxygen atoms in total. The normalized spacial score (nSPS) is 13.9. The van der Waals surface area contributed by atoms with Gasteiger partial charge >= 0.3 is 0 Å². The molecule has 0 aromatic heterocycles. The summed E-state index contributed by atoms with van der Waals surface area (Å²) in [4.78, 5) is 10.5. The molecule has 0 spiro atoms. The van der Waals surface area contributed by atoms with Crippen molar-refractivity contribution < 1.29 is 42.7 Å². The van der Waals surface area contributed by atoms with Crippen LogP contribution in [0.25, 0.3) is 0 Å². The number of nitrogens with one attached hydrogen (secondary N) is 1. The molecule has 10 heavy (non-hydrogen) atoms. The van der Waals surface area contributed by atoms with Gasteiger partial charge in [0.25, 0.3) is 5.91 Å². The molecule has 0 aromatic rings. The number of hydrogen-bond acceptors (Lipinski definition) is 2. The number of hydroxylamine groups is 1. The van der Waals surface area contributed by atoms with Crippen LogP contribution in [0.1, 0.15) is 6.42 Å². The first-order valence-corrected chi connectivity index (χ1v) is 2.64. The van der Waals surface area contributed by atoms with Crippen LogP contribution in [-0.4, -0.2) is 11.1 Å². The number of carbonyl (C=O) groups is 1. The van der Waals surface area contributed by atoms with Crippen LogP contribution in [-0.2, 0) is 37.5 Å². The molecule has 2 N–H and O–H groups in total. The molecule has 1 rings (SSSR count). The van der Waals surface area contributed by atoms with Crippen LogP contribution in [0.5, 0.6) is 0 Å². The van der Waals surface area contributed by atoms with Gasteiger partial charge in [0.05, 0.1) is 0 Å². The predicted octanol–water partition coefficient (Wildman–Crippen LogP) is 0.376. The van der Waals surface area contributed by atoms with Gasteiger partial charge in [-0.05, 0) is 6.42 Å². The Morgan fingerprint density at radius 3 is 2.80 bits per heavy atom. The van der Waals surface area contributed by atoms with Crippen molar-refractivity contribution in [1.29, 1.82) is 0 Å². The molecule has 0 saturated carbocycles. The number of amides is 1. The first-order valence-electron chi connectivity index (χ1n) is 2.64. The molecule has 0 saturated heterocycles. The summed E-state index contributed by atoms with van der Waals surface area (Å²) in [6.07, 6.45) is 5.92. The Bertz CT molecular complexity index is 186. The second-order valence-corrected chi connectivity index (χ2v) is 1.77. The topological polar surface area (TPSA) is 49.3 Å². The van der Waals surface area contributed by atoms with E-state index in [0.29, 0.717) is 12.0 Å². The van der Waals surface area contributed by atoms with Crippen LogP contribution in [0.15, 0.2) is 23.8 Å². The van der Waals surface area contributed by atoms with Gasteiger partial charge < -0.3 is 0 Å². The minimum absolute atomic E-state index is 0. The molecular formula is C6H7NO2Y. The van der Waals surface area contributed by atoms with Gasteiger partial charge in [0.2, 0.25) is 0 Å². The van der Waals surface area contributed by atoms with Crippen LogP contribution >= 0.6 is 0 Å². The first kappa shape index (κ1) is 10.0. The third kappa shape index (κ3) is 2.33. The van der Waals surface area contributed by atoms with Crippen molar-refractivity contribution in [2.75, 3.05) is 0 Å². The maximum absolute atomic E-state index is 10.5. The zero-order valence-corrected chi connectivity index (χ0v) is 8.21. The van der Waals surface area contributed by atoms with Crippen molar-refractivity contribution in [1.82, 2.24) is 5.48 Å². The van der Waals surface area contributed by atoms with Gasteiger partial charge in [0, 0.05) is 38.3 Å². The zero-order chi connectivity index (χ0) is 6.69. The summed E-state index contributed by atoms with van der Waals surface area (Å²) in [5.41, 5.74) is 2.15. The minimum Gasteiger partial charge on any atom is -0.288 e. The molecule has 0 aliphatic heterocycles. The summed E-state index contributed by atoms with van der Waals surface area (Å²) in [5.74, 6) is -0.417. The van der Waals surface area contributed by atoms with E-state index in [1.165, 1.54) is 0 Å². The fourth-order valence-corrected chi connectivity index (χ4v) is 0.687. The predicted molar refractivity (Wildman–Crippen MR) is 31.8 cm³/mol. The van der Waals surface area contributed by atoms with Crippen molar-refractivity contribution in [3.8, 4) is 0 Å². The van der Waals surface area contributed by atoms with E-state index in [1.54, 1.807) is 17.6 Å². The van der Waals surface area contributed by atoms with Gasteiger partial charge in [-0.25, -0.2) is 5.48 Å². The van der Waals surface area contributed by atoms with Crippen molar-refractivity contribution in [2.24, 2.45) is 0 Å². The fourth-order valence-electron chi connectivity index (χ4n) is 0.687. The quantitative estimate of drug-likeness (QED) is 0.489. The van der Waals surface area contributed by atoms with Gasteiger partial charge in [-0.2, -0.15) is 0 Å². The SMILES string of the molecule is O=C(NO)C1=CC=CC1.[Y]. The molecule has 0 fully saturated rings. The third-order valence-corrected chi connectivity index (χ3v) is 1.16. The Balaban J connectivity index is 0.000000810. The Kier molecular flexibility index (Phi) is 4.78. The van der Waals surface area contributed by atoms with Crippen LogP contribution in [0.2, 0.25) is 0 Å². The Labute approximate surface area is 84.0 Å². The summed E-state index contributed by atoms with van der Waals surface area (Å²) in [6.45, 7) is 0. The molecule has 1 radical (unpaired) electrons. The molecule has 1 aliphatic rings. The molecule has 0 aromatic carbocycles. The number of hydrogen-bond donors (Lipinski definition) is 2. The van der Waals surface area contributed by atoms with Crippen LogP contribution in [0.3, 0.4) is 0 Å². The van der Waals surface area contributed by atoms with E-state index >= 15 is 0 Å². The van der Waals surface area contributed by atoms with E-state index in [9.17, 15) is 4.79 Å². The van der Waals surface area contributed by atoms with Gasteiger partial charge in [-0.1, -0.05) is 18.2 Å². The molecular weight excluding hydrogens is 207 g/mol. The summed E-state index contributed by atoms with van der Waals surface area (Å²) in [7, 11) is 0. The van der Waals surface area contributed by atoms with E-state index in [4.69, 9.17) is 5.21 Å². The second kappa shape index (κ2) is 4.77. The molecule has 0 atom stereocenters. The molecule has 1 amide bonds. The van der Waals surface area contributed by atoms with Crippen molar-refractivity contribution >= 4 is 5.91 Å². The van der Waals surface area contributed by atoms with Gasteiger partial charge in [0.1, 0.15) is 0 Å². The average molecular weight is 214 g/mol. The maximum atomic E-state index is 10.5. The number of rotatable bonds is 1. The zero-order valence-electron chi connectivity index (χ0n) is 5.37. The van der Waals surface area contributed by atoms with Gasteiger partial charge in [0.15, 0.2) is 0 Å². The number of carbonyl (C=O) groups excluding carboxylic acids is 1. The van der Waals surface area contributed by atoms with Crippen molar-refractivity contribution in [3.05, 3.63) is 23.8 Å². The second-order valence-electron chi connectivity index (χ2n) is 1.77. The standard InChI is InChI=1S/C6H7NO2.Y/c8-6(7-9)5-3-1-2-4-5;/h1-3,9H,4H2,(H,7,8);. The summed E-state index contributed by atoms with van der Waals surface area (Å²) >= 11 is 0. The van der Waals surface area contributed by atoms with E-state index in [0.717, 1.165) is 0 Å². The van der Waals surface area contributed by atoms with Crippen LogP contribution < -0.4 is 5.48 Å². The minimum atomic E-state index is -0.417. The molecule has 1 aliphatic carbocycles. The Morgan fingerprint density at radius 2 is 2.40 bits per heavy atom. The first-order chi connectivity index (χ1) is 4.34. The van der Waals surface area contributed by atoms with Gasteiger partial charge in [-0.3, -0.25) is 10.0 Å². The summed E-state index contributed by atoms with van der Waals surface area (Å²) in [6, 6.07) is 0. The fraction of sp³-hybridized carbons (Fsp3) is 0.167. The van der Waals surface area contributed by atoms with Crippen molar-refractivity contribution in [2.45, 2.75) is 6.42 Å². The summed E-state index contributed by atoms with van der Waals surface area (Å²) in [5, 5.41) is 8.13. The Hall–Kier alpha value is 0.0139. The van der Waals surface area contributed by atoms with E-state index in [2.05, 4.69) is 0 Å². The largest absolute Gasteiger partial charge is 0.288 e. The van der Waals surface area contributed by atoms with Gasteiger partial charge in [-0.15, -0.1) is 0 Å². The molecule has 4 heteroatoms. The van der Waals surface area contributed by atoms with Crippen LogP contribution in [0, 0.1) is 0 Å². The van der Waals surface area contributed by atoms with Crippen molar-refractivity contribution in [3.63, 3.8) is 0 Å². The van der Waals surface area contributed by atoms with Crippen LogP contribution in [0.4, 0.5) is 0 Å². The molecule has 0 heterocycles. The number of allylic oxidation sites excluding steroid dienone is 3. The molecule has 0 bridgehead atoms. The smallest absolute Gasteiger partial charge is 0.270 e. The third-order valence-electron chi connectivity index (χ3n) is 1.16.